The zero-order valence-electron chi connectivity index (χ0n) is 25.3. The van der Waals surface area contributed by atoms with Crippen LogP contribution in [0.1, 0.15) is 153 Å². The number of fused-ring (bicyclic) bond motifs is 5. The summed E-state index contributed by atoms with van der Waals surface area (Å²) < 4.78 is 0. The topological polar surface area (TPSA) is 26.0 Å². The number of rotatable bonds is 5. The molecule has 0 radical (unpaired) electrons. The summed E-state index contributed by atoms with van der Waals surface area (Å²) in [5, 5.41) is 0. The maximum absolute atomic E-state index is 6.41. The molecule has 0 aromatic rings. The van der Waals surface area contributed by atoms with Gasteiger partial charge in [-0.05, 0) is 122 Å². The molecule has 4 fully saturated rings. The van der Waals surface area contributed by atoms with E-state index in [2.05, 4.69) is 41.5 Å². The molecular weight excluding hydrogens is 410 g/mol. The molecule has 0 aromatic carbocycles. The maximum Gasteiger partial charge on any atom is 0.00418 e. The minimum absolute atomic E-state index is 0.486. The van der Waals surface area contributed by atoms with Gasteiger partial charge < -0.3 is 5.73 Å². The smallest absolute Gasteiger partial charge is 0.00418 e. The highest BCUT2D eigenvalue weighted by Gasteiger charge is 2.61. The summed E-state index contributed by atoms with van der Waals surface area (Å²) in [4.78, 5) is 0. The average Bonchev–Trinajstić information content (AvgIpc) is 3.23. The van der Waals surface area contributed by atoms with E-state index in [1.165, 1.54) is 70.6 Å². The summed E-state index contributed by atoms with van der Waals surface area (Å²) in [6.45, 7) is 23.2. The second kappa shape index (κ2) is 12.5. The average molecular weight is 476 g/mol. The lowest BCUT2D eigenvalue weighted by molar-refractivity contribution is -0.144. The van der Waals surface area contributed by atoms with Gasteiger partial charge in [0.05, 0.1) is 0 Å². The van der Waals surface area contributed by atoms with Crippen molar-refractivity contribution < 1.29 is 0 Å². The van der Waals surface area contributed by atoms with E-state index in [4.69, 9.17) is 5.73 Å². The van der Waals surface area contributed by atoms with Crippen molar-refractivity contribution in [3.63, 3.8) is 0 Å². The van der Waals surface area contributed by atoms with Crippen LogP contribution in [0.2, 0.25) is 0 Å². The second-order valence-corrected chi connectivity index (χ2v) is 14.3. The lowest BCUT2D eigenvalue weighted by Gasteiger charge is -2.64. The van der Waals surface area contributed by atoms with Crippen molar-refractivity contribution in [2.24, 2.45) is 57.5 Å². The molecule has 202 valence electrons. The van der Waals surface area contributed by atoms with Gasteiger partial charge in [-0.25, -0.2) is 0 Å². The Labute approximate surface area is 216 Å². The molecule has 1 nitrogen and oxygen atoms in total. The Kier molecular flexibility index (Phi) is 11.1. The predicted molar refractivity (Wildman–Crippen MR) is 153 cm³/mol. The first kappa shape index (κ1) is 30.2. The highest BCUT2D eigenvalue weighted by atomic mass is 14.7. The number of hydrogen-bond donors (Lipinski definition) is 1. The van der Waals surface area contributed by atoms with E-state index >= 15 is 0 Å². The molecule has 0 spiro atoms. The molecular formula is C33H65N. The predicted octanol–water partition coefficient (Wildman–Crippen LogP) is 10.3. The fourth-order valence-corrected chi connectivity index (χ4v) is 9.32. The van der Waals surface area contributed by atoms with Crippen molar-refractivity contribution in [2.75, 3.05) is 0 Å². The van der Waals surface area contributed by atoms with Crippen molar-refractivity contribution >= 4 is 0 Å². The van der Waals surface area contributed by atoms with E-state index in [-0.39, 0.29) is 0 Å². The van der Waals surface area contributed by atoms with Crippen LogP contribution in [0.3, 0.4) is 0 Å². The Bertz CT molecular complexity index is 590. The van der Waals surface area contributed by atoms with Crippen LogP contribution in [0.4, 0.5) is 0 Å². The van der Waals surface area contributed by atoms with Gasteiger partial charge in [-0.1, -0.05) is 82.1 Å². The molecule has 0 saturated heterocycles. The monoisotopic (exact) mass is 476 g/mol. The molecule has 0 heterocycles. The zero-order valence-corrected chi connectivity index (χ0v) is 25.3. The highest BCUT2D eigenvalue weighted by molar-refractivity contribution is 5.10. The van der Waals surface area contributed by atoms with Gasteiger partial charge in [0.25, 0.3) is 0 Å². The first-order valence-corrected chi connectivity index (χ1v) is 15.8. The van der Waals surface area contributed by atoms with Gasteiger partial charge in [0.2, 0.25) is 0 Å². The summed E-state index contributed by atoms with van der Waals surface area (Å²) >= 11 is 0. The highest BCUT2D eigenvalue weighted by Crippen LogP contribution is 2.69. The van der Waals surface area contributed by atoms with Crippen LogP contribution >= 0.6 is 0 Å². The van der Waals surface area contributed by atoms with E-state index in [0.29, 0.717) is 22.3 Å². The van der Waals surface area contributed by atoms with Crippen LogP contribution in [-0.2, 0) is 0 Å². The molecule has 4 rings (SSSR count). The van der Waals surface area contributed by atoms with Gasteiger partial charge >= 0.3 is 0 Å². The summed E-state index contributed by atoms with van der Waals surface area (Å²) in [6.07, 6.45) is 18.9. The first-order chi connectivity index (χ1) is 16.0. The Hall–Kier alpha value is -0.0400. The molecule has 2 N–H and O–H groups in total. The Balaban J connectivity index is 0.000000970. The minimum atomic E-state index is 0.486. The lowest BCUT2D eigenvalue weighted by atomic mass is 9.41. The van der Waals surface area contributed by atoms with Crippen LogP contribution in [0.15, 0.2) is 0 Å². The summed E-state index contributed by atoms with van der Waals surface area (Å²) in [6, 6.07) is 0.486. The van der Waals surface area contributed by atoms with Crippen molar-refractivity contribution in [3.05, 3.63) is 0 Å². The lowest BCUT2D eigenvalue weighted by Crippen LogP contribution is -2.57. The minimum Gasteiger partial charge on any atom is -0.328 e. The van der Waals surface area contributed by atoms with E-state index in [1.54, 1.807) is 12.8 Å². The molecule has 0 aromatic heterocycles. The summed E-state index contributed by atoms with van der Waals surface area (Å²) in [5.41, 5.74) is 8.12. The number of hydrogen-bond acceptors (Lipinski definition) is 1. The van der Waals surface area contributed by atoms with Gasteiger partial charge in [0, 0.05) is 6.04 Å². The molecule has 1 heteroatoms. The first-order valence-electron chi connectivity index (χ1n) is 15.8. The van der Waals surface area contributed by atoms with Crippen LogP contribution in [-0.4, -0.2) is 6.04 Å². The Morgan fingerprint density at radius 3 is 2.12 bits per heavy atom. The third-order valence-electron chi connectivity index (χ3n) is 11.2. The molecule has 4 saturated carbocycles. The van der Waals surface area contributed by atoms with Gasteiger partial charge in [-0.2, -0.15) is 0 Å². The van der Waals surface area contributed by atoms with Crippen molar-refractivity contribution in [1.82, 2.24) is 0 Å². The third-order valence-corrected chi connectivity index (χ3v) is 11.2. The Morgan fingerprint density at radius 2 is 1.47 bits per heavy atom. The van der Waals surface area contributed by atoms with E-state index in [1.807, 2.05) is 27.7 Å². The zero-order chi connectivity index (χ0) is 25.7. The van der Waals surface area contributed by atoms with Gasteiger partial charge in [0.15, 0.2) is 0 Å². The van der Waals surface area contributed by atoms with Gasteiger partial charge in [-0.3, -0.25) is 0 Å². The maximum atomic E-state index is 6.41. The van der Waals surface area contributed by atoms with Crippen LogP contribution in [0.5, 0.6) is 0 Å². The Morgan fingerprint density at radius 1 is 0.824 bits per heavy atom. The molecule has 9 atom stereocenters. The standard InChI is InChI=1S/C29H53N.2C2H6/c1-20(13-16-27(2,3)4)7-8-21-9-11-25-24(21)10-12-26-28(5)18-15-23(30)19-22(28)14-17-29(25,26)6;2*1-2/h20-26H,7-19,30H2,1-6H3;2*1-2H3. The van der Waals surface area contributed by atoms with E-state index in [0.717, 1.165) is 35.5 Å². The van der Waals surface area contributed by atoms with E-state index < -0.39 is 0 Å². The molecule has 0 bridgehead atoms. The molecule has 4 aliphatic carbocycles. The van der Waals surface area contributed by atoms with Gasteiger partial charge in [-0.15, -0.1) is 0 Å². The quantitative estimate of drug-likeness (QED) is 0.420. The van der Waals surface area contributed by atoms with Gasteiger partial charge in [0.1, 0.15) is 0 Å². The van der Waals surface area contributed by atoms with Crippen molar-refractivity contribution in [1.29, 1.82) is 0 Å². The molecule has 0 amide bonds. The molecule has 4 aliphatic rings. The summed E-state index contributed by atoms with van der Waals surface area (Å²) in [5.74, 6) is 5.91. The second-order valence-electron chi connectivity index (χ2n) is 14.3. The summed E-state index contributed by atoms with van der Waals surface area (Å²) in [7, 11) is 0. The van der Waals surface area contributed by atoms with Crippen molar-refractivity contribution in [3.8, 4) is 0 Å². The normalized spacial score (nSPS) is 42.1. The molecule has 0 aliphatic heterocycles. The SMILES string of the molecule is CC.CC.CC(CCC1CCC2C1CCC1C3(C)CCC(N)CC3CCC21C)CCC(C)(C)C. The van der Waals surface area contributed by atoms with Crippen LogP contribution in [0.25, 0.3) is 0 Å². The fourth-order valence-electron chi connectivity index (χ4n) is 9.32. The fraction of sp³-hybridized carbons (Fsp3) is 1.00. The van der Waals surface area contributed by atoms with E-state index in [9.17, 15) is 0 Å². The van der Waals surface area contributed by atoms with Crippen LogP contribution < -0.4 is 5.73 Å². The van der Waals surface area contributed by atoms with Crippen LogP contribution in [0, 0.1) is 51.8 Å². The largest absolute Gasteiger partial charge is 0.328 e. The third kappa shape index (κ3) is 6.44. The van der Waals surface area contributed by atoms with Crippen molar-refractivity contribution in [2.45, 2.75) is 159 Å². The molecule has 9 unspecified atom stereocenters. The number of nitrogens with two attached hydrogens (primary N) is 1. The molecule has 34 heavy (non-hydrogen) atoms.